The Kier molecular flexibility index (Phi) is 6.77. The van der Waals surface area contributed by atoms with E-state index in [0.717, 1.165) is 11.1 Å². The molecule has 8 heteroatoms. The average Bonchev–Trinajstić information content (AvgIpc) is 2.55. The van der Waals surface area contributed by atoms with Gasteiger partial charge in [0.05, 0.1) is 16.9 Å². The topological polar surface area (TPSA) is 84.6 Å². The van der Waals surface area contributed by atoms with E-state index < -0.39 is 4.92 Å². The first-order chi connectivity index (χ1) is 11.5. The molecular weight excluding hydrogens is 350 g/mol. The van der Waals surface area contributed by atoms with Crippen LogP contribution in [0.5, 0.6) is 0 Å². The summed E-state index contributed by atoms with van der Waals surface area (Å²) in [7, 11) is 0. The second-order valence-electron chi connectivity index (χ2n) is 4.76. The number of hydrogen-bond acceptors (Lipinski definition) is 5. The molecule has 0 unspecified atom stereocenters. The van der Waals surface area contributed by atoms with Gasteiger partial charge in [-0.05, 0) is 23.3 Å². The third-order valence-corrected chi connectivity index (χ3v) is 4.14. The molecule has 0 aliphatic carbocycles. The van der Waals surface area contributed by atoms with Crippen molar-refractivity contribution < 1.29 is 9.72 Å². The lowest BCUT2D eigenvalue weighted by molar-refractivity contribution is -0.384. The highest BCUT2D eigenvalue weighted by Crippen LogP contribution is 2.16. The maximum atomic E-state index is 11.7. The molecule has 0 fully saturated rings. The van der Waals surface area contributed by atoms with Gasteiger partial charge in [0, 0.05) is 22.9 Å². The molecule has 2 aromatic carbocycles. The average molecular weight is 364 g/mol. The highest BCUT2D eigenvalue weighted by molar-refractivity contribution is 7.99. The number of halogens is 1. The summed E-state index contributed by atoms with van der Waals surface area (Å²) in [6.07, 6.45) is 1.52. The standard InChI is InChI=1S/C16H14ClN3O3S/c17-14-3-1-2-13(8-14)9-18-19-16(21)11-24-10-12-4-6-15(7-5-12)20(22)23/h1-9H,10-11H2,(H,19,21). The minimum Gasteiger partial charge on any atom is -0.272 e. The number of thioether (sulfide) groups is 1. The largest absolute Gasteiger partial charge is 0.272 e. The number of carbonyl (C=O) groups is 1. The van der Waals surface area contributed by atoms with Crippen LogP contribution in [-0.2, 0) is 10.5 Å². The molecule has 1 amide bonds. The summed E-state index contributed by atoms with van der Waals surface area (Å²) in [6, 6.07) is 13.4. The van der Waals surface area contributed by atoms with E-state index in [-0.39, 0.29) is 17.3 Å². The first-order valence-corrected chi connectivity index (χ1v) is 8.46. The lowest BCUT2D eigenvalue weighted by Crippen LogP contribution is -2.19. The van der Waals surface area contributed by atoms with Gasteiger partial charge in [-0.3, -0.25) is 14.9 Å². The molecular formula is C16H14ClN3O3S. The number of non-ortho nitro benzene ring substituents is 1. The first-order valence-electron chi connectivity index (χ1n) is 6.93. The minimum absolute atomic E-state index is 0.0526. The molecule has 0 bridgehead atoms. The number of rotatable bonds is 7. The summed E-state index contributed by atoms with van der Waals surface area (Å²) < 4.78 is 0. The Bertz CT molecular complexity index is 750. The highest BCUT2D eigenvalue weighted by Gasteiger charge is 2.05. The molecule has 6 nitrogen and oxygen atoms in total. The van der Waals surface area contributed by atoms with Gasteiger partial charge in [-0.1, -0.05) is 35.9 Å². The number of amides is 1. The van der Waals surface area contributed by atoms with Crippen molar-refractivity contribution in [3.8, 4) is 0 Å². The summed E-state index contributed by atoms with van der Waals surface area (Å²) in [5.41, 5.74) is 4.20. The van der Waals surface area contributed by atoms with E-state index in [9.17, 15) is 14.9 Å². The fourth-order valence-electron chi connectivity index (χ4n) is 1.77. The Balaban J connectivity index is 1.72. The molecule has 0 atom stereocenters. The van der Waals surface area contributed by atoms with Crippen molar-refractivity contribution in [3.05, 3.63) is 74.8 Å². The van der Waals surface area contributed by atoms with Gasteiger partial charge in [-0.25, -0.2) is 5.43 Å². The van der Waals surface area contributed by atoms with Crippen LogP contribution in [0, 0.1) is 10.1 Å². The molecule has 124 valence electrons. The van der Waals surface area contributed by atoms with Crippen molar-refractivity contribution >= 4 is 41.2 Å². The van der Waals surface area contributed by atoms with Gasteiger partial charge in [0.25, 0.3) is 5.69 Å². The van der Waals surface area contributed by atoms with E-state index in [2.05, 4.69) is 10.5 Å². The number of nitrogens with one attached hydrogen (secondary N) is 1. The van der Waals surface area contributed by atoms with Crippen LogP contribution in [0.2, 0.25) is 5.02 Å². The van der Waals surface area contributed by atoms with Gasteiger partial charge >= 0.3 is 0 Å². The zero-order valence-corrected chi connectivity index (χ0v) is 14.1. The molecule has 0 radical (unpaired) electrons. The highest BCUT2D eigenvalue weighted by atomic mass is 35.5. The molecule has 0 aliphatic heterocycles. The number of nitro benzene ring substituents is 1. The normalized spacial score (nSPS) is 10.7. The van der Waals surface area contributed by atoms with Crippen LogP contribution in [0.3, 0.4) is 0 Å². The van der Waals surface area contributed by atoms with Crippen LogP contribution in [-0.4, -0.2) is 22.8 Å². The van der Waals surface area contributed by atoms with E-state index >= 15 is 0 Å². The third kappa shape index (κ3) is 6.02. The quantitative estimate of drug-likeness (QED) is 0.462. The zero-order chi connectivity index (χ0) is 17.4. The van der Waals surface area contributed by atoms with Crippen molar-refractivity contribution in [2.24, 2.45) is 5.10 Å². The molecule has 0 spiro atoms. The molecule has 0 aliphatic rings. The third-order valence-electron chi connectivity index (χ3n) is 2.90. The van der Waals surface area contributed by atoms with Crippen molar-refractivity contribution in [1.29, 1.82) is 0 Å². The van der Waals surface area contributed by atoms with Gasteiger partial charge in [0.15, 0.2) is 0 Å². The van der Waals surface area contributed by atoms with Gasteiger partial charge in [0.2, 0.25) is 5.91 Å². The number of hydrazone groups is 1. The predicted molar refractivity (Wildman–Crippen MR) is 96.4 cm³/mol. The van der Waals surface area contributed by atoms with Crippen LogP contribution in [0.4, 0.5) is 5.69 Å². The predicted octanol–water partition coefficient (Wildman–Crippen LogP) is 3.63. The van der Waals surface area contributed by atoms with Crippen LogP contribution in [0.25, 0.3) is 0 Å². The van der Waals surface area contributed by atoms with E-state index in [1.807, 2.05) is 6.07 Å². The van der Waals surface area contributed by atoms with Gasteiger partial charge < -0.3 is 0 Å². The first kappa shape index (κ1) is 18.0. The van der Waals surface area contributed by atoms with Gasteiger partial charge in [-0.2, -0.15) is 5.10 Å². The Morgan fingerprint density at radius 2 is 2.04 bits per heavy atom. The zero-order valence-electron chi connectivity index (χ0n) is 12.5. The summed E-state index contributed by atoms with van der Waals surface area (Å²) >= 11 is 7.25. The lowest BCUT2D eigenvalue weighted by Gasteiger charge is -2.01. The molecule has 2 aromatic rings. The van der Waals surface area contributed by atoms with E-state index in [4.69, 9.17) is 11.6 Å². The van der Waals surface area contributed by atoms with Crippen LogP contribution in [0.15, 0.2) is 53.6 Å². The second-order valence-corrected chi connectivity index (χ2v) is 6.19. The van der Waals surface area contributed by atoms with Gasteiger partial charge in [-0.15, -0.1) is 11.8 Å². The van der Waals surface area contributed by atoms with Crippen molar-refractivity contribution in [2.75, 3.05) is 5.75 Å². The van der Waals surface area contributed by atoms with Crippen molar-refractivity contribution in [3.63, 3.8) is 0 Å². The summed E-state index contributed by atoms with van der Waals surface area (Å²) in [6.45, 7) is 0. The Labute approximate surface area is 148 Å². The maximum Gasteiger partial charge on any atom is 0.269 e. The number of nitrogens with zero attached hydrogens (tertiary/aromatic N) is 2. The Morgan fingerprint density at radius 3 is 2.71 bits per heavy atom. The number of nitro groups is 1. The maximum absolute atomic E-state index is 11.7. The fraction of sp³-hybridized carbons (Fsp3) is 0.125. The SMILES string of the molecule is O=C(CSCc1ccc([N+](=O)[O-])cc1)NN=Cc1cccc(Cl)c1. The van der Waals surface area contributed by atoms with Crippen molar-refractivity contribution in [2.45, 2.75) is 5.75 Å². The number of carbonyl (C=O) groups excluding carboxylic acids is 1. The molecule has 2 rings (SSSR count). The molecule has 0 aromatic heterocycles. The summed E-state index contributed by atoms with van der Waals surface area (Å²) in [5.74, 6) is 0.605. The van der Waals surface area contributed by atoms with Crippen LogP contribution in [0.1, 0.15) is 11.1 Å². The molecule has 24 heavy (non-hydrogen) atoms. The summed E-state index contributed by atoms with van der Waals surface area (Å²) in [4.78, 5) is 21.8. The van der Waals surface area contributed by atoms with Crippen LogP contribution >= 0.6 is 23.4 Å². The van der Waals surface area contributed by atoms with E-state index in [1.54, 1.807) is 30.3 Å². The van der Waals surface area contributed by atoms with E-state index in [0.29, 0.717) is 10.8 Å². The van der Waals surface area contributed by atoms with E-state index in [1.165, 1.54) is 30.1 Å². The minimum atomic E-state index is -0.442. The van der Waals surface area contributed by atoms with Crippen LogP contribution < -0.4 is 5.43 Å². The number of benzene rings is 2. The molecule has 0 saturated carbocycles. The molecule has 0 saturated heterocycles. The Morgan fingerprint density at radius 1 is 1.29 bits per heavy atom. The van der Waals surface area contributed by atoms with Crippen molar-refractivity contribution in [1.82, 2.24) is 5.43 Å². The summed E-state index contributed by atoms with van der Waals surface area (Å²) in [5, 5.41) is 15.0. The lowest BCUT2D eigenvalue weighted by atomic mass is 10.2. The Hall–Kier alpha value is -2.38. The fourth-order valence-corrected chi connectivity index (χ4v) is 2.75. The van der Waals surface area contributed by atoms with Gasteiger partial charge in [0.1, 0.15) is 0 Å². The molecule has 0 heterocycles. The second kappa shape index (κ2) is 9.05. The molecule has 1 N–H and O–H groups in total. The number of hydrogen-bond donors (Lipinski definition) is 1. The smallest absolute Gasteiger partial charge is 0.269 e. The monoisotopic (exact) mass is 363 g/mol.